The lowest BCUT2D eigenvalue weighted by atomic mass is 10.1. The van der Waals surface area contributed by atoms with Crippen LogP contribution in [0.4, 0.5) is 0 Å². The first-order chi connectivity index (χ1) is 15.6. The third-order valence-corrected chi connectivity index (χ3v) is 5.28. The fourth-order valence-corrected chi connectivity index (χ4v) is 3.31. The Bertz CT molecular complexity index is 1240. The van der Waals surface area contributed by atoms with Gasteiger partial charge >= 0.3 is 0 Å². The number of carbonyl (C=O) groups excluding carboxylic acids is 1. The average molecular weight is 465 g/mol. The number of para-hydroxylation sites is 1. The van der Waals surface area contributed by atoms with E-state index in [0.717, 1.165) is 22.5 Å². The normalized spacial score (nSPS) is 10.9. The van der Waals surface area contributed by atoms with Crippen molar-refractivity contribution in [3.8, 4) is 22.7 Å². The zero-order valence-corrected chi connectivity index (χ0v) is 18.3. The van der Waals surface area contributed by atoms with E-state index in [9.17, 15) is 4.79 Å². The lowest BCUT2D eigenvalue weighted by molar-refractivity contribution is -0.123. The van der Waals surface area contributed by atoms with E-state index in [1.165, 1.54) is 0 Å². The Morgan fingerprint density at radius 3 is 2.47 bits per heavy atom. The quantitative estimate of drug-likeness (QED) is 0.295. The molecule has 0 saturated heterocycles. The number of aromatic nitrogens is 2. The van der Waals surface area contributed by atoms with Crippen molar-refractivity contribution in [2.75, 3.05) is 6.61 Å². The molecule has 0 spiro atoms. The molecule has 0 aliphatic rings. The predicted octanol–water partition coefficient (Wildman–Crippen LogP) is 5.38. The molecule has 3 aromatic carbocycles. The summed E-state index contributed by atoms with van der Waals surface area (Å²) in [5.74, 6) is -0.109. The zero-order valence-electron chi connectivity index (χ0n) is 16.8. The molecule has 1 aromatic heterocycles. The number of ether oxygens (including phenoxy) is 1. The van der Waals surface area contributed by atoms with E-state index < -0.39 is 5.91 Å². The Morgan fingerprint density at radius 2 is 1.72 bits per heavy atom. The van der Waals surface area contributed by atoms with Crippen LogP contribution >= 0.6 is 23.2 Å². The van der Waals surface area contributed by atoms with Crippen LogP contribution in [0.3, 0.4) is 0 Å². The van der Waals surface area contributed by atoms with Crippen LogP contribution in [0.1, 0.15) is 5.56 Å². The van der Waals surface area contributed by atoms with Gasteiger partial charge in [-0.25, -0.2) is 10.1 Å². The Balaban J connectivity index is 1.48. The molecule has 4 rings (SSSR count). The van der Waals surface area contributed by atoms with Crippen molar-refractivity contribution >= 4 is 35.3 Å². The first-order valence-electron chi connectivity index (χ1n) is 9.71. The Kier molecular flexibility index (Phi) is 6.84. The van der Waals surface area contributed by atoms with Crippen LogP contribution in [0.5, 0.6) is 5.75 Å². The second-order valence-electron chi connectivity index (χ2n) is 6.71. The molecule has 1 heterocycles. The smallest absolute Gasteiger partial charge is 0.277 e. The maximum atomic E-state index is 12.1. The molecule has 0 bridgehead atoms. The number of nitrogens with zero attached hydrogens (tertiary/aromatic N) is 3. The molecule has 0 saturated carbocycles. The highest BCUT2D eigenvalue weighted by molar-refractivity contribution is 6.42. The molecule has 0 aliphatic carbocycles. The highest BCUT2D eigenvalue weighted by atomic mass is 35.5. The Hall–Kier alpha value is -3.61. The fourth-order valence-electron chi connectivity index (χ4n) is 2.96. The van der Waals surface area contributed by atoms with Crippen LogP contribution in [-0.4, -0.2) is 28.5 Å². The van der Waals surface area contributed by atoms with Gasteiger partial charge in [0.25, 0.3) is 5.91 Å². The first kappa shape index (κ1) is 21.6. The summed E-state index contributed by atoms with van der Waals surface area (Å²) in [7, 11) is 0. The number of hydrazone groups is 1. The standard InChI is InChI=1S/C24H18Cl2N4O2/c25-20-12-7-13-21(23(20)26)32-16-22(31)28-27-14-18-15-30(19-10-5-2-6-11-19)29-24(18)17-8-3-1-4-9-17/h1-15H,16H2,(H,28,31)/b27-14+. The summed E-state index contributed by atoms with van der Waals surface area (Å²) in [6, 6.07) is 24.5. The number of halogens is 2. The van der Waals surface area contributed by atoms with Gasteiger partial charge < -0.3 is 4.74 Å². The van der Waals surface area contributed by atoms with Crippen LogP contribution in [0.25, 0.3) is 16.9 Å². The number of amides is 1. The maximum absolute atomic E-state index is 12.1. The highest BCUT2D eigenvalue weighted by Gasteiger charge is 2.11. The van der Waals surface area contributed by atoms with Gasteiger partial charge in [0.1, 0.15) is 16.5 Å². The SMILES string of the molecule is O=C(COc1cccc(Cl)c1Cl)N/N=C/c1cn(-c2ccccc2)nc1-c1ccccc1. The minimum absolute atomic E-state index is 0.256. The van der Waals surface area contributed by atoms with Crippen molar-refractivity contribution in [1.82, 2.24) is 15.2 Å². The van der Waals surface area contributed by atoms with E-state index in [1.807, 2.05) is 66.9 Å². The molecule has 1 N–H and O–H groups in total. The van der Waals surface area contributed by atoms with Gasteiger partial charge in [-0.05, 0) is 24.3 Å². The molecule has 160 valence electrons. The van der Waals surface area contributed by atoms with Crippen molar-refractivity contribution in [2.45, 2.75) is 0 Å². The first-order valence-corrected chi connectivity index (χ1v) is 10.5. The summed E-state index contributed by atoms with van der Waals surface area (Å²) in [5, 5.41) is 9.38. The number of benzene rings is 3. The summed E-state index contributed by atoms with van der Waals surface area (Å²) in [4.78, 5) is 12.1. The molecular weight excluding hydrogens is 447 g/mol. The molecule has 32 heavy (non-hydrogen) atoms. The van der Waals surface area contributed by atoms with Crippen molar-refractivity contribution in [3.63, 3.8) is 0 Å². The van der Waals surface area contributed by atoms with E-state index in [0.29, 0.717) is 10.8 Å². The van der Waals surface area contributed by atoms with Gasteiger partial charge in [0, 0.05) is 17.3 Å². The summed E-state index contributed by atoms with van der Waals surface area (Å²) in [5.41, 5.74) is 5.81. The van der Waals surface area contributed by atoms with Gasteiger partial charge in [-0.3, -0.25) is 4.79 Å². The largest absolute Gasteiger partial charge is 0.482 e. The maximum Gasteiger partial charge on any atom is 0.277 e. The molecule has 0 aliphatic heterocycles. The van der Waals surface area contributed by atoms with E-state index in [1.54, 1.807) is 29.1 Å². The van der Waals surface area contributed by atoms with Crippen LogP contribution < -0.4 is 10.2 Å². The lowest BCUT2D eigenvalue weighted by Crippen LogP contribution is -2.24. The number of nitrogens with one attached hydrogen (secondary N) is 1. The van der Waals surface area contributed by atoms with Gasteiger partial charge in [-0.2, -0.15) is 10.2 Å². The predicted molar refractivity (Wildman–Crippen MR) is 127 cm³/mol. The lowest BCUT2D eigenvalue weighted by Gasteiger charge is -2.07. The summed E-state index contributed by atoms with van der Waals surface area (Å²) >= 11 is 12.0. The molecule has 8 heteroatoms. The third-order valence-electron chi connectivity index (χ3n) is 4.48. The molecule has 6 nitrogen and oxygen atoms in total. The van der Waals surface area contributed by atoms with Crippen molar-refractivity contribution in [1.29, 1.82) is 0 Å². The number of carbonyl (C=O) groups is 1. The highest BCUT2D eigenvalue weighted by Crippen LogP contribution is 2.31. The molecule has 1 amide bonds. The minimum Gasteiger partial charge on any atom is -0.482 e. The van der Waals surface area contributed by atoms with Gasteiger partial charge in [0.2, 0.25) is 0 Å². The molecular formula is C24H18Cl2N4O2. The minimum atomic E-state index is -0.436. The average Bonchev–Trinajstić information content (AvgIpc) is 3.25. The van der Waals surface area contributed by atoms with Gasteiger partial charge in [0.05, 0.1) is 16.9 Å². The molecule has 0 unspecified atom stereocenters. The van der Waals surface area contributed by atoms with Crippen molar-refractivity contribution in [2.24, 2.45) is 5.10 Å². The molecule has 0 fully saturated rings. The van der Waals surface area contributed by atoms with E-state index in [-0.39, 0.29) is 11.6 Å². The van der Waals surface area contributed by atoms with Crippen LogP contribution in [0.2, 0.25) is 10.0 Å². The molecule has 4 aromatic rings. The molecule has 0 atom stereocenters. The second-order valence-corrected chi connectivity index (χ2v) is 7.50. The number of hydrogen-bond acceptors (Lipinski definition) is 4. The van der Waals surface area contributed by atoms with Crippen LogP contribution in [-0.2, 0) is 4.79 Å². The van der Waals surface area contributed by atoms with Gasteiger partial charge in [-0.15, -0.1) is 0 Å². The monoisotopic (exact) mass is 464 g/mol. The second kappa shape index (κ2) is 10.1. The van der Waals surface area contributed by atoms with E-state index in [4.69, 9.17) is 33.0 Å². The summed E-state index contributed by atoms with van der Waals surface area (Å²) in [6.45, 7) is -0.258. The topological polar surface area (TPSA) is 68.5 Å². The molecule has 0 radical (unpaired) electrons. The van der Waals surface area contributed by atoms with E-state index in [2.05, 4.69) is 10.5 Å². The summed E-state index contributed by atoms with van der Waals surface area (Å²) in [6.07, 6.45) is 3.41. The van der Waals surface area contributed by atoms with Crippen molar-refractivity contribution in [3.05, 3.63) is 101 Å². The fraction of sp³-hybridized carbons (Fsp3) is 0.0417. The number of hydrogen-bond donors (Lipinski definition) is 1. The van der Waals surface area contributed by atoms with E-state index >= 15 is 0 Å². The third kappa shape index (κ3) is 5.17. The van der Waals surface area contributed by atoms with Gasteiger partial charge in [0.15, 0.2) is 6.61 Å². The van der Waals surface area contributed by atoms with Crippen LogP contribution in [0.15, 0.2) is 90.2 Å². The Morgan fingerprint density at radius 1 is 1.00 bits per heavy atom. The number of rotatable bonds is 7. The summed E-state index contributed by atoms with van der Waals surface area (Å²) < 4.78 is 7.19. The Labute approximate surface area is 195 Å². The van der Waals surface area contributed by atoms with Crippen molar-refractivity contribution < 1.29 is 9.53 Å². The van der Waals surface area contributed by atoms with Crippen LogP contribution in [0, 0.1) is 0 Å². The zero-order chi connectivity index (χ0) is 22.3. The van der Waals surface area contributed by atoms with Gasteiger partial charge in [-0.1, -0.05) is 77.8 Å².